The van der Waals surface area contributed by atoms with E-state index < -0.39 is 0 Å². The zero-order valence-corrected chi connectivity index (χ0v) is 14.4. The van der Waals surface area contributed by atoms with Crippen LogP contribution in [0.3, 0.4) is 0 Å². The molecular formula is C21H24N4. The largest absolute Gasteiger partial charge is 0.361 e. The number of hydrogen-bond acceptors (Lipinski definition) is 3. The van der Waals surface area contributed by atoms with Crippen molar-refractivity contribution in [1.29, 1.82) is 0 Å². The zero-order chi connectivity index (χ0) is 16.9. The van der Waals surface area contributed by atoms with Crippen molar-refractivity contribution in [1.82, 2.24) is 15.3 Å². The molecule has 25 heavy (non-hydrogen) atoms. The number of aromatic nitrogens is 2. The summed E-state index contributed by atoms with van der Waals surface area (Å²) in [5.74, 6) is 0. The normalized spacial score (nSPS) is 17.1. The maximum Gasteiger partial charge on any atom is 0.0923 e. The quantitative estimate of drug-likeness (QED) is 0.751. The molecule has 2 heterocycles. The number of rotatable bonds is 5. The highest BCUT2D eigenvalue weighted by Crippen LogP contribution is 2.28. The third-order valence-corrected chi connectivity index (χ3v) is 4.93. The number of imidazole rings is 1. The number of aromatic amines is 1. The molecule has 0 saturated heterocycles. The van der Waals surface area contributed by atoms with Gasteiger partial charge in [-0.1, -0.05) is 48.5 Å². The Balaban J connectivity index is 1.59. The van der Waals surface area contributed by atoms with Crippen LogP contribution < -0.4 is 10.2 Å². The van der Waals surface area contributed by atoms with E-state index in [1.807, 2.05) is 6.20 Å². The summed E-state index contributed by atoms with van der Waals surface area (Å²) in [6.07, 6.45) is 5.97. The number of aryl methyl sites for hydroxylation is 1. The predicted molar refractivity (Wildman–Crippen MR) is 101 cm³/mol. The van der Waals surface area contributed by atoms with E-state index >= 15 is 0 Å². The second-order valence-electron chi connectivity index (χ2n) is 6.63. The van der Waals surface area contributed by atoms with E-state index in [4.69, 9.17) is 0 Å². The second kappa shape index (κ2) is 7.53. The van der Waals surface area contributed by atoms with Crippen molar-refractivity contribution < 1.29 is 0 Å². The van der Waals surface area contributed by atoms with Gasteiger partial charge in [0.1, 0.15) is 0 Å². The average molecular weight is 332 g/mol. The Bertz CT molecular complexity index is 783. The molecule has 3 aromatic rings. The van der Waals surface area contributed by atoms with Crippen LogP contribution >= 0.6 is 0 Å². The van der Waals surface area contributed by atoms with Crippen molar-refractivity contribution in [2.24, 2.45) is 0 Å². The monoisotopic (exact) mass is 332 g/mol. The minimum atomic E-state index is 0.445. The predicted octanol–water partition coefficient (Wildman–Crippen LogP) is 3.52. The van der Waals surface area contributed by atoms with E-state index in [0.717, 1.165) is 38.2 Å². The number of anilines is 1. The first kappa shape index (κ1) is 15.9. The third kappa shape index (κ3) is 3.74. The molecule has 0 aliphatic carbocycles. The van der Waals surface area contributed by atoms with Crippen LogP contribution in [0.15, 0.2) is 67.1 Å². The molecule has 0 spiro atoms. The number of fused-ring (bicyclic) bond motifs is 1. The molecule has 1 atom stereocenters. The van der Waals surface area contributed by atoms with Gasteiger partial charge in [0.25, 0.3) is 0 Å². The lowest BCUT2D eigenvalue weighted by molar-refractivity contribution is 0.514. The number of hydrogen-bond donors (Lipinski definition) is 2. The standard InChI is InChI=1S/C21H24N4/c1-2-6-17(7-3-1)10-11-20-14-22-12-18-8-4-5-9-21(18)25(20)15-19-13-23-16-24-19/h1-9,13,16,20,22H,10-12,14-15H2,(H,23,24). The van der Waals surface area contributed by atoms with Crippen LogP contribution in [0.25, 0.3) is 0 Å². The van der Waals surface area contributed by atoms with Crippen LogP contribution in [0.1, 0.15) is 23.2 Å². The van der Waals surface area contributed by atoms with Gasteiger partial charge in [-0.2, -0.15) is 0 Å². The first-order chi connectivity index (χ1) is 12.4. The SMILES string of the molecule is c1ccc(CCC2CNCc3ccccc3N2Cc2c[nH]cn2)cc1. The Morgan fingerprint density at radius 2 is 1.88 bits per heavy atom. The first-order valence-corrected chi connectivity index (χ1v) is 8.97. The van der Waals surface area contributed by atoms with Crippen molar-refractivity contribution in [2.45, 2.75) is 32.0 Å². The summed E-state index contributed by atoms with van der Waals surface area (Å²) in [6.45, 7) is 2.75. The van der Waals surface area contributed by atoms with Crippen LogP contribution in [-0.4, -0.2) is 22.6 Å². The molecule has 0 radical (unpaired) electrons. The molecule has 2 aromatic carbocycles. The molecule has 1 aliphatic heterocycles. The number of nitrogens with one attached hydrogen (secondary N) is 2. The van der Waals surface area contributed by atoms with Gasteiger partial charge in [0.15, 0.2) is 0 Å². The maximum absolute atomic E-state index is 4.45. The van der Waals surface area contributed by atoms with E-state index in [1.54, 1.807) is 6.33 Å². The molecule has 0 fully saturated rings. The van der Waals surface area contributed by atoms with E-state index in [2.05, 4.69) is 74.8 Å². The summed E-state index contributed by atoms with van der Waals surface area (Å²) in [7, 11) is 0. The van der Waals surface area contributed by atoms with Gasteiger partial charge in [0.2, 0.25) is 0 Å². The van der Waals surface area contributed by atoms with Crippen molar-refractivity contribution in [2.75, 3.05) is 11.4 Å². The highest BCUT2D eigenvalue weighted by molar-refractivity contribution is 5.55. The number of para-hydroxylation sites is 1. The van der Waals surface area contributed by atoms with E-state index in [9.17, 15) is 0 Å². The molecular weight excluding hydrogens is 308 g/mol. The molecule has 128 valence electrons. The minimum Gasteiger partial charge on any atom is -0.361 e. The molecule has 4 rings (SSSR count). The lowest BCUT2D eigenvalue weighted by atomic mass is 10.0. The Hall–Kier alpha value is -2.59. The van der Waals surface area contributed by atoms with Crippen LogP contribution in [0.5, 0.6) is 0 Å². The van der Waals surface area contributed by atoms with Crippen molar-refractivity contribution in [3.8, 4) is 0 Å². The molecule has 2 N–H and O–H groups in total. The summed E-state index contributed by atoms with van der Waals surface area (Å²) < 4.78 is 0. The topological polar surface area (TPSA) is 44.0 Å². The van der Waals surface area contributed by atoms with Gasteiger partial charge < -0.3 is 15.2 Å². The molecule has 4 nitrogen and oxygen atoms in total. The number of H-pyrrole nitrogens is 1. The van der Waals surface area contributed by atoms with Crippen LogP contribution in [-0.2, 0) is 19.5 Å². The fourth-order valence-electron chi connectivity index (χ4n) is 3.62. The van der Waals surface area contributed by atoms with Crippen molar-refractivity contribution >= 4 is 5.69 Å². The highest BCUT2D eigenvalue weighted by Gasteiger charge is 2.24. The van der Waals surface area contributed by atoms with E-state index in [-0.39, 0.29) is 0 Å². The highest BCUT2D eigenvalue weighted by atomic mass is 15.2. The average Bonchev–Trinajstić information content (AvgIpc) is 3.11. The zero-order valence-electron chi connectivity index (χ0n) is 14.4. The summed E-state index contributed by atoms with van der Waals surface area (Å²) in [5.41, 5.74) is 5.18. The summed E-state index contributed by atoms with van der Waals surface area (Å²) in [5, 5.41) is 3.63. The lowest BCUT2D eigenvalue weighted by Crippen LogP contribution is -2.40. The molecule has 0 amide bonds. The Labute approximate surface area is 148 Å². The fraction of sp³-hybridized carbons (Fsp3) is 0.286. The lowest BCUT2D eigenvalue weighted by Gasteiger charge is -2.32. The molecule has 1 aromatic heterocycles. The van der Waals surface area contributed by atoms with Gasteiger partial charge in [-0.05, 0) is 30.0 Å². The molecule has 1 unspecified atom stereocenters. The van der Waals surface area contributed by atoms with Gasteiger partial charge in [-0.3, -0.25) is 0 Å². The molecule has 1 aliphatic rings. The van der Waals surface area contributed by atoms with Gasteiger partial charge in [-0.15, -0.1) is 0 Å². The van der Waals surface area contributed by atoms with Crippen LogP contribution in [0.2, 0.25) is 0 Å². The second-order valence-corrected chi connectivity index (χ2v) is 6.63. The van der Waals surface area contributed by atoms with Gasteiger partial charge >= 0.3 is 0 Å². The van der Waals surface area contributed by atoms with Gasteiger partial charge in [0, 0.05) is 31.0 Å². The fourth-order valence-corrected chi connectivity index (χ4v) is 3.62. The molecule has 0 saturated carbocycles. The summed E-state index contributed by atoms with van der Waals surface area (Å²) >= 11 is 0. The summed E-state index contributed by atoms with van der Waals surface area (Å²) in [6, 6.07) is 19.9. The Morgan fingerprint density at radius 1 is 1.04 bits per heavy atom. The van der Waals surface area contributed by atoms with Crippen LogP contribution in [0.4, 0.5) is 5.69 Å². The smallest absolute Gasteiger partial charge is 0.0923 e. The number of benzene rings is 2. The first-order valence-electron chi connectivity index (χ1n) is 8.97. The Kier molecular flexibility index (Phi) is 4.79. The van der Waals surface area contributed by atoms with Gasteiger partial charge in [0.05, 0.1) is 18.6 Å². The van der Waals surface area contributed by atoms with Crippen molar-refractivity contribution in [3.05, 3.63) is 83.9 Å². The van der Waals surface area contributed by atoms with E-state index in [0.29, 0.717) is 6.04 Å². The maximum atomic E-state index is 4.45. The minimum absolute atomic E-state index is 0.445. The van der Waals surface area contributed by atoms with Crippen molar-refractivity contribution in [3.63, 3.8) is 0 Å². The van der Waals surface area contributed by atoms with Crippen LogP contribution in [0, 0.1) is 0 Å². The number of nitrogens with zero attached hydrogens (tertiary/aromatic N) is 2. The molecule has 4 heteroatoms. The Morgan fingerprint density at radius 3 is 2.72 bits per heavy atom. The summed E-state index contributed by atoms with van der Waals surface area (Å²) in [4.78, 5) is 10.0. The molecule has 0 bridgehead atoms. The van der Waals surface area contributed by atoms with Gasteiger partial charge in [-0.25, -0.2) is 4.98 Å². The third-order valence-electron chi connectivity index (χ3n) is 4.93. The van der Waals surface area contributed by atoms with E-state index in [1.165, 1.54) is 16.8 Å².